The molecule has 0 unspecified atom stereocenters. The third-order valence-electron chi connectivity index (χ3n) is 4.55. The summed E-state index contributed by atoms with van der Waals surface area (Å²) in [6, 6.07) is 7.70. The molecule has 0 bridgehead atoms. The van der Waals surface area contributed by atoms with Crippen molar-refractivity contribution in [1.29, 1.82) is 0 Å². The Morgan fingerprint density at radius 1 is 1.29 bits per heavy atom. The molecule has 2 fully saturated rings. The molecule has 0 radical (unpaired) electrons. The standard InChI is InChI=1S/C17H21N3O3S/c1-18-14-5-7-19(8-6-14)16(22)13-4-2-3-12(9-13)10-20-15(21)11-24-17(20)23/h2-4,9,14,18H,5-8,10-11H2,1H3. The summed E-state index contributed by atoms with van der Waals surface area (Å²) in [5.41, 5.74) is 1.41. The van der Waals surface area contributed by atoms with Crippen LogP contribution in [0.1, 0.15) is 28.8 Å². The molecule has 1 aromatic carbocycles. The molecule has 2 saturated heterocycles. The van der Waals surface area contributed by atoms with Gasteiger partial charge >= 0.3 is 0 Å². The maximum Gasteiger partial charge on any atom is 0.289 e. The smallest absolute Gasteiger partial charge is 0.289 e. The number of rotatable bonds is 4. The van der Waals surface area contributed by atoms with Crippen LogP contribution in [0.15, 0.2) is 24.3 Å². The number of nitrogens with one attached hydrogen (secondary N) is 1. The first kappa shape index (κ1) is 17.0. The highest BCUT2D eigenvalue weighted by Gasteiger charge is 2.30. The second-order valence-corrected chi connectivity index (χ2v) is 7.02. The molecule has 6 nitrogen and oxygen atoms in total. The Kier molecular flexibility index (Phi) is 5.20. The van der Waals surface area contributed by atoms with Crippen molar-refractivity contribution in [3.8, 4) is 0 Å². The number of nitrogens with zero attached hydrogens (tertiary/aromatic N) is 2. The molecule has 2 aliphatic heterocycles. The van der Waals surface area contributed by atoms with Crippen LogP contribution in [0.5, 0.6) is 0 Å². The molecule has 24 heavy (non-hydrogen) atoms. The van der Waals surface area contributed by atoms with Crippen LogP contribution in [0.25, 0.3) is 0 Å². The molecular formula is C17H21N3O3S. The lowest BCUT2D eigenvalue weighted by Crippen LogP contribution is -2.44. The van der Waals surface area contributed by atoms with Gasteiger partial charge in [-0.05, 0) is 37.6 Å². The van der Waals surface area contributed by atoms with E-state index < -0.39 is 0 Å². The average molecular weight is 347 g/mol. The van der Waals surface area contributed by atoms with Gasteiger partial charge in [-0.25, -0.2) is 0 Å². The number of piperidine rings is 1. The third kappa shape index (κ3) is 3.62. The van der Waals surface area contributed by atoms with E-state index in [0.29, 0.717) is 11.6 Å². The molecule has 1 N–H and O–H groups in total. The fourth-order valence-electron chi connectivity index (χ4n) is 3.07. The Hall–Kier alpha value is -1.86. The zero-order chi connectivity index (χ0) is 17.1. The average Bonchev–Trinajstić information content (AvgIpc) is 2.93. The molecule has 2 aliphatic rings. The summed E-state index contributed by atoms with van der Waals surface area (Å²) in [5, 5.41) is 3.03. The van der Waals surface area contributed by atoms with Gasteiger partial charge in [0.15, 0.2) is 0 Å². The fraction of sp³-hybridized carbons (Fsp3) is 0.471. The predicted molar refractivity (Wildman–Crippen MR) is 92.8 cm³/mol. The number of hydrogen-bond acceptors (Lipinski definition) is 5. The number of imide groups is 1. The lowest BCUT2D eigenvalue weighted by molar-refractivity contribution is -0.125. The summed E-state index contributed by atoms with van der Waals surface area (Å²) in [7, 11) is 1.95. The molecule has 0 aliphatic carbocycles. The van der Waals surface area contributed by atoms with E-state index in [4.69, 9.17) is 0 Å². The first-order chi connectivity index (χ1) is 11.6. The van der Waals surface area contributed by atoms with Crippen LogP contribution in [-0.4, -0.2) is 58.8 Å². The van der Waals surface area contributed by atoms with Crippen LogP contribution < -0.4 is 5.32 Å². The van der Waals surface area contributed by atoms with Crippen molar-refractivity contribution in [3.63, 3.8) is 0 Å². The van der Waals surface area contributed by atoms with Crippen molar-refractivity contribution >= 4 is 28.8 Å². The van der Waals surface area contributed by atoms with E-state index in [9.17, 15) is 14.4 Å². The summed E-state index contributed by atoms with van der Waals surface area (Å²) in [4.78, 5) is 39.2. The molecule has 3 amide bonds. The summed E-state index contributed by atoms with van der Waals surface area (Å²) in [5.74, 6) is 0.0495. The zero-order valence-electron chi connectivity index (χ0n) is 13.7. The highest BCUT2D eigenvalue weighted by atomic mass is 32.2. The molecule has 0 aromatic heterocycles. The van der Waals surface area contributed by atoms with Crippen molar-refractivity contribution in [2.75, 3.05) is 25.9 Å². The lowest BCUT2D eigenvalue weighted by atomic mass is 10.0. The molecule has 7 heteroatoms. The second kappa shape index (κ2) is 7.36. The van der Waals surface area contributed by atoms with Crippen molar-refractivity contribution in [2.45, 2.75) is 25.4 Å². The second-order valence-electron chi connectivity index (χ2n) is 6.09. The monoisotopic (exact) mass is 347 g/mol. The molecule has 3 rings (SSSR count). The minimum absolute atomic E-state index is 0.0138. The van der Waals surface area contributed by atoms with Crippen LogP contribution in [0, 0.1) is 0 Å². The van der Waals surface area contributed by atoms with Crippen molar-refractivity contribution < 1.29 is 14.4 Å². The number of amides is 3. The Balaban J connectivity index is 1.67. The van der Waals surface area contributed by atoms with Crippen molar-refractivity contribution in [3.05, 3.63) is 35.4 Å². The topological polar surface area (TPSA) is 69.7 Å². The van der Waals surface area contributed by atoms with Crippen LogP contribution >= 0.6 is 11.8 Å². The maximum absolute atomic E-state index is 12.7. The van der Waals surface area contributed by atoms with Gasteiger partial charge in [0.2, 0.25) is 5.91 Å². The summed E-state index contributed by atoms with van der Waals surface area (Å²) in [6.07, 6.45) is 1.91. The van der Waals surface area contributed by atoms with E-state index in [1.165, 1.54) is 4.90 Å². The first-order valence-corrected chi connectivity index (χ1v) is 9.09. The van der Waals surface area contributed by atoms with Crippen molar-refractivity contribution in [2.24, 2.45) is 0 Å². The molecule has 2 heterocycles. The van der Waals surface area contributed by atoms with Crippen LogP contribution in [0.4, 0.5) is 4.79 Å². The number of carbonyl (C=O) groups is 3. The first-order valence-electron chi connectivity index (χ1n) is 8.11. The normalized spacial score (nSPS) is 19.2. The largest absolute Gasteiger partial charge is 0.339 e. The Morgan fingerprint density at radius 3 is 2.67 bits per heavy atom. The SMILES string of the molecule is CNC1CCN(C(=O)c2cccc(CN3C(=O)CSC3=O)c2)CC1. The predicted octanol–water partition coefficient (Wildman–Crippen LogP) is 1.71. The highest BCUT2D eigenvalue weighted by Crippen LogP contribution is 2.22. The zero-order valence-corrected chi connectivity index (χ0v) is 14.5. The number of thioether (sulfide) groups is 1. The van der Waals surface area contributed by atoms with E-state index in [1.54, 1.807) is 18.2 Å². The van der Waals surface area contributed by atoms with Gasteiger partial charge in [-0.15, -0.1) is 0 Å². The van der Waals surface area contributed by atoms with Gasteiger partial charge in [0, 0.05) is 24.7 Å². The van der Waals surface area contributed by atoms with Crippen LogP contribution in [0.2, 0.25) is 0 Å². The van der Waals surface area contributed by atoms with Gasteiger partial charge in [0.05, 0.1) is 12.3 Å². The van der Waals surface area contributed by atoms with Gasteiger partial charge in [0.1, 0.15) is 0 Å². The minimum atomic E-state index is -0.217. The molecule has 128 valence electrons. The molecule has 0 saturated carbocycles. The lowest BCUT2D eigenvalue weighted by Gasteiger charge is -2.32. The summed E-state index contributed by atoms with van der Waals surface area (Å²) < 4.78 is 0. The number of likely N-dealkylation sites (tertiary alicyclic amines) is 1. The summed E-state index contributed by atoms with van der Waals surface area (Å²) >= 11 is 1.02. The van der Waals surface area contributed by atoms with Gasteiger partial charge in [-0.3, -0.25) is 19.3 Å². The Bertz CT molecular complexity index is 640. The molecule has 0 atom stereocenters. The van der Waals surface area contributed by atoms with Gasteiger partial charge in [-0.1, -0.05) is 23.9 Å². The summed E-state index contributed by atoms with van der Waals surface area (Å²) in [6.45, 7) is 1.72. The fourth-order valence-corrected chi connectivity index (χ4v) is 3.80. The van der Waals surface area contributed by atoms with E-state index in [1.807, 2.05) is 18.0 Å². The van der Waals surface area contributed by atoms with E-state index in [-0.39, 0.29) is 29.4 Å². The number of carbonyl (C=O) groups excluding carboxylic acids is 3. The number of hydrogen-bond donors (Lipinski definition) is 1. The maximum atomic E-state index is 12.7. The quantitative estimate of drug-likeness (QED) is 0.898. The molecule has 0 spiro atoms. The molecule has 1 aromatic rings. The van der Waals surface area contributed by atoms with Gasteiger partial charge in [0.25, 0.3) is 11.1 Å². The van der Waals surface area contributed by atoms with Crippen molar-refractivity contribution in [1.82, 2.24) is 15.1 Å². The Morgan fingerprint density at radius 2 is 2.04 bits per heavy atom. The minimum Gasteiger partial charge on any atom is -0.339 e. The van der Waals surface area contributed by atoms with E-state index in [0.717, 1.165) is 43.3 Å². The highest BCUT2D eigenvalue weighted by molar-refractivity contribution is 8.14. The Labute approximate surface area is 145 Å². The van der Waals surface area contributed by atoms with E-state index in [2.05, 4.69) is 5.32 Å². The van der Waals surface area contributed by atoms with Crippen LogP contribution in [0.3, 0.4) is 0 Å². The van der Waals surface area contributed by atoms with E-state index >= 15 is 0 Å². The van der Waals surface area contributed by atoms with Crippen LogP contribution in [-0.2, 0) is 11.3 Å². The number of benzene rings is 1. The third-order valence-corrected chi connectivity index (χ3v) is 5.40. The van der Waals surface area contributed by atoms with Gasteiger partial charge < -0.3 is 10.2 Å². The van der Waals surface area contributed by atoms with Gasteiger partial charge in [-0.2, -0.15) is 0 Å². The molecular weight excluding hydrogens is 326 g/mol.